The molecule has 0 aliphatic carbocycles. The molecule has 1 saturated heterocycles. The van der Waals surface area contributed by atoms with Gasteiger partial charge in [0.05, 0.1) is 11.6 Å². The van der Waals surface area contributed by atoms with Gasteiger partial charge in [-0.25, -0.2) is 0 Å². The number of hydrogen-bond acceptors (Lipinski definition) is 5. The minimum atomic E-state index is -0.704. The SMILES string of the molecule is CCCCN1C(=O)C(=O)/C(=C(\O)c2ccc(C)cc2)C1c1ccc(OC(C)=O)cc1. The van der Waals surface area contributed by atoms with E-state index >= 15 is 0 Å². The van der Waals surface area contributed by atoms with Crippen molar-refractivity contribution in [1.29, 1.82) is 0 Å². The summed E-state index contributed by atoms with van der Waals surface area (Å²) < 4.78 is 5.07. The number of amides is 1. The van der Waals surface area contributed by atoms with Crippen LogP contribution in [-0.2, 0) is 14.4 Å². The van der Waals surface area contributed by atoms with Gasteiger partial charge in [-0.2, -0.15) is 0 Å². The number of carbonyl (C=O) groups is 3. The second-order valence-electron chi connectivity index (χ2n) is 7.37. The first-order chi connectivity index (χ1) is 14.3. The van der Waals surface area contributed by atoms with Gasteiger partial charge in [-0.15, -0.1) is 0 Å². The van der Waals surface area contributed by atoms with Crippen LogP contribution < -0.4 is 4.74 Å². The Labute approximate surface area is 175 Å². The number of ketones is 1. The number of aliphatic hydroxyl groups is 1. The maximum atomic E-state index is 12.9. The molecule has 1 N–H and O–H groups in total. The summed E-state index contributed by atoms with van der Waals surface area (Å²) in [7, 11) is 0. The molecule has 0 saturated carbocycles. The van der Waals surface area contributed by atoms with Crippen LogP contribution in [0.15, 0.2) is 54.1 Å². The Hall–Kier alpha value is -3.41. The molecule has 1 amide bonds. The van der Waals surface area contributed by atoms with Crippen LogP contribution in [0.3, 0.4) is 0 Å². The Kier molecular flexibility index (Phi) is 6.35. The van der Waals surface area contributed by atoms with E-state index < -0.39 is 23.7 Å². The van der Waals surface area contributed by atoms with Crippen molar-refractivity contribution in [2.75, 3.05) is 6.54 Å². The van der Waals surface area contributed by atoms with Crippen LogP contribution in [0, 0.1) is 6.92 Å². The summed E-state index contributed by atoms with van der Waals surface area (Å²) in [5.41, 5.74) is 2.23. The predicted molar refractivity (Wildman–Crippen MR) is 113 cm³/mol. The molecule has 2 aromatic rings. The Balaban J connectivity index is 2.09. The number of likely N-dealkylation sites (tertiary alicyclic amines) is 1. The fraction of sp³-hybridized carbons (Fsp3) is 0.292. The van der Waals surface area contributed by atoms with Crippen molar-refractivity contribution in [3.63, 3.8) is 0 Å². The quantitative estimate of drug-likeness (QED) is 0.256. The lowest BCUT2D eigenvalue weighted by Crippen LogP contribution is -2.30. The van der Waals surface area contributed by atoms with E-state index in [2.05, 4.69) is 0 Å². The van der Waals surface area contributed by atoms with E-state index in [1.165, 1.54) is 11.8 Å². The molecule has 0 spiro atoms. The van der Waals surface area contributed by atoms with Gasteiger partial charge in [0.25, 0.3) is 11.7 Å². The lowest BCUT2D eigenvalue weighted by molar-refractivity contribution is -0.139. The molecular formula is C24H25NO5. The van der Waals surface area contributed by atoms with E-state index in [9.17, 15) is 19.5 Å². The van der Waals surface area contributed by atoms with Crippen molar-refractivity contribution in [3.8, 4) is 5.75 Å². The van der Waals surface area contributed by atoms with Gasteiger partial charge >= 0.3 is 5.97 Å². The number of nitrogens with zero attached hydrogens (tertiary/aromatic N) is 1. The van der Waals surface area contributed by atoms with Gasteiger partial charge in [0.1, 0.15) is 11.5 Å². The van der Waals surface area contributed by atoms with Crippen LogP contribution in [0.2, 0.25) is 0 Å². The van der Waals surface area contributed by atoms with Crippen LogP contribution in [-0.4, -0.2) is 34.2 Å². The van der Waals surface area contributed by atoms with Gasteiger partial charge < -0.3 is 14.7 Å². The average molecular weight is 407 g/mol. The van der Waals surface area contributed by atoms with E-state index in [1.54, 1.807) is 36.4 Å². The Morgan fingerprint density at radius 1 is 1.07 bits per heavy atom. The van der Waals surface area contributed by atoms with E-state index in [-0.39, 0.29) is 11.3 Å². The zero-order valence-corrected chi connectivity index (χ0v) is 17.3. The van der Waals surface area contributed by atoms with Gasteiger partial charge in [-0.3, -0.25) is 14.4 Å². The van der Waals surface area contributed by atoms with Gasteiger partial charge in [0.15, 0.2) is 0 Å². The Morgan fingerprint density at radius 3 is 2.27 bits per heavy atom. The number of aryl methyl sites for hydroxylation is 1. The van der Waals surface area contributed by atoms with E-state index in [0.717, 1.165) is 18.4 Å². The maximum absolute atomic E-state index is 12.9. The maximum Gasteiger partial charge on any atom is 0.308 e. The summed E-state index contributed by atoms with van der Waals surface area (Å²) in [6.07, 6.45) is 1.60. The summed E-state index contributed by atoms with van der Waals surface area (Å²) in [6.45, 7) is 5.65. The third-order valence-electron chi connectivity index (χ3n) is 5.07. The lowest BCUT2D eigenvalue weighted by Gasteiger charge is -2.25. The van der Waals surface area contributed by atoms with Crippen LogP contribution >= 0.6 is 0 Å². The second kappa shape index (κ2) is 8.95. The van der Waals surface area contributed by atoms with Crippen molar-refractivity contribution in [2.45, 2.75) is 39.7 Å². The van der Waals surface area contributed by atoms with Crippen LogP contribution in [0.25, 0.3) is 5.76 Å². The first-order valence-electron chi connectivity index (χ1n) is 9.97. The predicted octanol–water partition coefficient (Wildman–Crippen LogP) is 4.14. The minimum Gasteiger partial charge on any atom is -0.507 e. The van der Waals surface area contributed by atoms with E-state index in [1.807, 2.05) is 26.0 Å². The Morgan fingerprint density at radius 2 is 1.70 bits per heavy atom. The third kappa shape index (κ3) is 4.27. The standard InChI is InChI=1S/C24H25NO5/c1-4-5-14-25-21(17-10-12-19(13-11-17)30-16(3)26)20(23(28)24(25)29)22(27)18-8-6-15(2)7-9-18/h6-13,21,27H,4-5,14H2,1-3H3/b22-20-. The Bertz CT molecular complexity index is 989. The first kappa shape index (κ1) is 21.3. The van der Waals surface area contributed by atoms with Gasteiger partial charge in [0, 0.05) is 19.0 Å². The van der Waals surface area contributed by atoms with Gasteiger partial charge in [-0.1, -0.05) is 55.3 Å². The molecule has 1 atom stereocenters. The molecule has 3 rings (SSSR count). The van der Waals surface area contributed by atoms with E-state index in [0.29, 0.717) is 23.4 Å². The summed E-state index contributed by atoms with van der Waals surface area (Å²) >= 11 is 0. The highest BCUT2D eigenvalue weighted by molar-refractivity contribution is 6.46. The average Bonchev–Trinajstić information content (AvgIpc) is 2.97. The third-order valence-corrected chi connectivity index (χ3v) is 5.07. The number of ether oxygens (including phenoxy) is 1. The molecular weight excluding hydrogens is 382 g/mol. The fourth-order valence-electron chi connectivity index (χ4n) is 3.54. The number of aliphatic hydroxyl groups excluding tert-OH is 1. The molecule has 2 aromatic carbocycles. The van der Waals surface area contributed by atoms with Crippen molar-refractivity contribution >= 4 is 23.4 Å². The summed E-state index contributed by atoms with van der Waals surface area (Å²) in [4.78, 5) is 38.3. The molecule has 30 heavy (non-hydrogen) atoms. The summed E-state index contributed by atoms with van der Waals surface area (Å²) in [5.74, 6) is -1.57. The van der Waals surface area contributed by atoms with E-state index in [4.69, 9.17) is 4.74 Å². The lowest BCUT2D eigenvalue weighted by atomic mass is 9.95. The number of unbranched alkanes of at least 4 members (excludes halogenated alkanes) is 1. The van der Waals surface area contributed by atoms with Crippen molar-refractivity contribution in [3.05, 3.63) is 70.8 Å². The molecule has 156 valence electrons. The summed E-state index contributed by atoms with van der Waals surface area (Å²) in [6, 6.07) is 13.1. The molecule has 1 aliphatic heterocycles. The van der Waals surface area contributed by atoms with Crippen molar-refractivity contribution < 1.29 is 24.2 Å². The number of hydrogen-bond donors (Lipinski definition) is 1. The molecule has 6 heteroatoms. The molecule has 1 aliphatic rings. The largest absolute Gasteiger partial charge is 0.507 e. The van der Waals surface area contributed by atoms with Crippen molar-refractivity contribution in [1.82, 2.24) is 4.90 Å². The highest BCUT2D eigenvalue weighted by atomic mass is 16.5. The number of esters is 1. The normalized spacial score (nSPS) is 18.0. The summed E-state index contributed by atoms with van der Waals surface area (Å²) in [5, 5.41) is 11.0. The number of benzene rings is 2. The molecule has 6 nitrogen and oxygen atoms in total. The first-order valence-corrected chi connectivity index (χ1v) is 9.97. The number of Topliss-reactive ketones (excluding diaryl/α,β-unsaturated/α-hetero) is 1. The van der Waals surface area contributed by atoms with Crippen molar-refractivity contribution in [2.24, 2.45) is 0 Å². The van der Waals surface area contributed by atoms with Crippen LogP contribution in [0.5, 0.6) is 5.75 Å². The zero-order chi connectivity index (χ0) is 21.8. The topological polar surface area (TPSA) is 83.9 Å². The van der Waals surface area contributed by atoms with Gasteiger partial charge in [-0.05, 0) is 31.0 Å². The molecule has 1 unspecified atom stereocenters. The fourth-order valence-corrected chi connectivity index (χ4v) is 3.54. The number of rotatable bonds is 6. The van der Waals surface area contributed by atoms with Crippen LogP contribution in [0.4, 0.5) is 0 Å². The van der Waals surface area contributed by atoms with Gasteiger partial charge in [0.2, 0.25) is 0 Å². The molecule has 1 heterocycles. The van der Waals surface area contributed by atoms with Crippen LogP contribution in [0.1, 0.15) is 49.4 Å². The molecule has 0 radical (unpaired) electrons. The molecule has 1 fully saturated rings. The minimum absolute atomic E-state index is 0.0696. The molecule has 0 aromatic heterocycles. The molecule has 0 bridgehead atoms. The zero-order valence-electron chi connectivity index (χ0n) is 17.3. The second-order valence-corrected chi connectivity index (χ2v) is 7.37. The number of carbonyl (C=O) groups excluding carboxylic acids is 3. The monoisotopic (exact) mass is 407 g/mol. The highest BCUT2D eigenvalue weighted by Gasteiger charge is 2.45. The highest BCUT2D eigenvalue weighted by Crippen LogP contribution is 2.40. The smallest absolute Gasteiger partial charge is 0.308 e.